The number of carbonyl (C=O) groups excluding carboxylic acids is 1. The molecule has 1 aromatic carbocycles. The standard InChI is InChI=1S/C14H10F2N6O2/c15-14(16)24-10-3-1-2-9(6-10)19-13(23)11-4-5-12(21-20-11)22-8-17-7-18-22/h1-8,14H,(H,19,23). The highest BCUT2D eigenvalue weighted by Gasteiger charge is 2.11. The van der Waals surface area contributed by atoms with Gasteiger partial charge in [0.2, 0.25) is 0 Å². The molecule has 0 saturated carbocycles. The summed E-state index contributed by atoms with van der Waals surface area (Å²) in [4.78, 5) is 15.9. The molecular formula is C14H10F2N6O2. The quantitative estimate of drug-likeness (QED) is 0.767. The van der Waals surface area contributed by atoms with E-state index in [1.165, 1.54) is 47.7 Å². The second-order valence-electron chi connectivity index (χ2n) is 4.48. The molecule has 122 valence electrons. The van der Waals surface area contributed by atoms with Crippen LogP contribution in [0.15, 0.2) is 49.1 Å². The number of nitrogens with zero attached hydrogens (tertiary/aromatic N) is 5. The average molecular weight is 332 g/mol. The fourth-order valence-electron chi connectivity index (χ4n) is 1.84. The van der Waals surface area contributed by atoms with Crippen molar-refractivity contribution in [2.24, 2.45) is 0 Å². The van der Waals surface area contributed by atoms with E-state index in [0.717, 1.165) is 0 Å². The molecule has 0 aliphatic heterocycles. The highest BCUT2D eigenvalue weighted by molar-refractivity contribution is 6.02. The molecular weight excluding hydrogens is 322 g/mol. The maximum Gasteiger partial charge on any atom is 0.387 e. The topological polar surface area (TPSA) is 94.8 Å². The van der Waals surface area contributed by atoms with Crippen LogP contribution >= 0.6 is 0 Å². The molecule has 2 heterocycles. The first-order valence-electron chi connectivity index (χ1n) is 6.67. The van der Waals surface area contributed by atoms with Gasteiger partial charge in [-0.3, -0.25) is 4.79 Å². The van der Waals surface area contributed by atoms with Gasteiger partial charge in [-0.1, -0.05) is 6.07 Å². The molecule has 0 fully saturated rings. The molecule has 0 radical (unpaired) electrons. The Labute approximate surface area is 134 Å². The Hall–Kier alpha value is -3.43. The number of amides is 1. The first kappa shape index (κ1) is 15.5. The van der Waals surface area contributed by atoms with Crippen LogP contribution < -0.4 is 10.1 Å². The predicted molar refractivity (Wildman–Crippen MR) is 78.0 cm³/mol. The molecule has 2 aromatic heterocycles. The number of carbonyl (C=O) groups is 1. The average Bonchev–Trinajstić information content (AvgIpc) is 3.09. The van der Waals surface area contributed by atoms with Gasteiger partial charge in [-0.15, -0.1) is 10.2 Å². The Balaban J connectivity index is 1.71. The molecule has 0 atom stereocenters. The van der Waals surface area contributed by atoms with Crippen molar-refractivity contribution in [1.29, 1.82) is 0 Å². The van der Waals surface area contributed by atoms with Crippen LogP contribution in [0.2, 0.25) is 0 Å². The Bertz CT molecular complexity index is 824. The van der Waals surface area contributed by atoms with Crippen molar-refractivity contribution in [3.05, 3.63) is 54.7 Å². The van der Waals surface area contributed by atoms with E-state index in [0.29, 0.717) is 11.5 Å². The smallest absolute Gasteiger partial charge is 0.387 e. The molecule has 1 amide bonds. The number of nitrogens with one attached hydrogen (secondary N) is 1. The van der Waals surface area contributed by atoms with E-state index in [4.69, 9.17) is 0 Å². The van der Waals surface area contributed by atoms with Crippen LogP contribution in [0.5, 0.6) is 5.75 Å². The molecule has 0 spiro atoms. The van der Waals surface area contributed by atoms with Crippen molar-refractivity contribution in [3.8, 4) is 11.6 Å². The summed E-state index contributed by atoms with van der Waals surface area (Å²) in [6.07, 6.45) is 2.79. The van der Waals surface area contributed by atoms with Gasteiger partial charge in [0.25, 0.3) is 5.91 Å². The molecule has 10 heteroatoms. The molecule has 0 bridgehead atoms. The molecule has 0 saturated heterocycles. The summed E-state index contributed by atoms with van der Waals surface area (Å²) in [5.74, 6) is -0.200. The minimum Gasteiger partial charge on any atom is -0.435 e. The maximum atomic E-state index is 12.2. The largest absolute Gasteiger partial charge is 0.435 e. The van der Waals surface area contributed by atoms with Gasteiger partial charge in [0.05, 0.1) is 0 Å². The second-order valence-corrected chi connectivity index (χ2v) is 4.48. The number of benzene rings is 1. The summed E-state index contributed by atoms with van der Waals surface area (Å²) in [7, 11) is 0. The van der Waals surface area contributed by atoms with Crippen LogP contribution in [0.3, 0.4) is 0 Å². The van der Waals surface area contributed by atoms with Crippen molar-refractivity contribution >= 4 is 11.6 Å². The zero-order valence-corrected chi connectivity index (χ0v) is 12.0. The highest BCUT2D eigenvalue weighted by Crippen LogP contribution is 2.19. The first-order chi connectivity index (χ1) is 11.6. The monoisotopic (exact) mass is 332 g/mol. The SMILES string of the molecule is O=C(Nc1cccc(OC(F)F)c1)c1ccc(-n2cncn2)nn1. The summed E-state index contributed by atoms with van der Waals surface area (Å²) in [6, 6.07) is 8.65. The third kappa shape index (κ3) is 3.66. The van der Waals surface area contributed by atoms with Crippen molar-refractivity contribution in [2.45, 2.75) is 6.61 Å². The fourth-order valence-corrected chi connectivity index (χ4v) is 1.84. The number of ether oxygens (including phenoxy) is 1. The third-order valence-electron chi connectivity index (χ3n) is 2.85. The van der Waals surface area contributed by atoms with E-state index < -0.39 is 12.5 Å². The van der Waals surface area contributed by atoms with Gasteiger partial charge in [0, 0.05) is 11.8 Å². The third-order valence-corrected chi connectivity index (χ3v) is 2.85. The number of anilines is 1. The lowest BCUT2D eigenvalue weighted by atomic mass is 10.3. The summed E-state index contributed by atoms with van der Waals surface area (Å²) >= 11 is 0. The van der Waals surface area contributed by atoms with Crippen LogP contribution in [-0.2, 0) is 0 Å². The van der Waals surface area contributed by atoms with Gasteiger partial charge in [-0.05, 0) is 24.3 Å². The normalized spacial score (nSPS) is 10.6. The zero-order chi connectivity index (χ0) is 16.9. The van der Waals surface area contributed by atoms with E-state index in [1.54, 1.807) is 6.07 Å². The van der Waals surface area contributed by atoms with Gasteiger partial charge in [0.15, 0.2) is 11.5 Å². The summed E-state index contributed by atoms with van der Waals surface area (Å²) in [5.41, 5.74) is 0.347. The van der Waals surface area contributed by atoms with Crippen molar-refractivity contribution < 1.29 is 18.3 Å². The zero-order valence-electron chi connectivity index (χ0n) is 12.0. The van der Waals surface area contributed by atoms with Crippen LogP contribution in [0.4, 0.5) is 14.5 Å². The lowest BCUT2D eigenvalue weighted by Crippen LogP contribution is -2.15. The van der Waals surface area contributed by atoms with Gasteiger partial charge in [0.1, 0.15) is 18.4 Å². The molecule has 3 rings (SSSR count). The van der Waals surface area contributed by atoms with Crippen LogP contribution in [0.1, 0.15) is 10.5 Å². The Morgan fingerprint density at radius 2 is 2.08 bits per heavy atom. The number of hydrogen-bond donors (Lipinski definition) is 1. The van der Waals surface area contributed by atoms with Gasteiger partial charge in [-0.2, -0.15) is 13.9 Å². The van der Waals surface area contributed by atoms with E-state index in [1.807, 2.05) is 0 Å². The summed E-state index contributed by atoms with van der Waals surface area (Å²) in [5, 5.41) is 14.1. The summed E-state index contributed by atoms with van der Waals surface area (Å²) in [6.45, 7) is -2.94. The molecule has 3 aromatic rings. The fraction of sp³-hybridized carbons (Fsp3) is 0.0714. The molecule has 1 N–H and O–H groups in total. The van der Waals surface area contributed by atoms with E-state index in [9.17, 15) is 13.6 Å². The van der Waals surface area contributed by atoms with Gasteiger partial charge < -0.3 is 10.1 Å². The molecule has 24 heavy (non-hydrogen) atoms. The second kappa shape index (κ2) is 6.77. The summed E-state index contributed by atoms with van der Waals surface area (Å²) < 4.78 is 30.0. The number of aromatic nitrogens is 5. The predicted octanol–water partition coefficient (Wildman–Crippen LogP) is 1.91. The van der Waals surface area contributed by atoms with Crippen LogP contribution in [0, 0.1) is 0 Å². The first-order valence-corrected chi connectivity index (χ1v) is 6.67. The van der Waals surface area contributed by atoms with Crippen LogP contribution in [0.25, 0.3) is 5.82 Å². The minimum absolute atomic E-state index is 0.0547. The Kier molecular flexibility index (Phi) is 4.36. The lowest BCUT2D eigenvalue weighted by molar-refractivity contribution is -0.0497. The number of alkyl halides is 2. The Morgan fingerprint density at radius 3 is 2.75 bits per heavy atom. The Morgan fingerprint density at radius 1 is 1.21 bits per heavy atom. The lowest BCUT2D eigenvalue weighted by Gasteiger charge is -2.08. The van der Waals surface area contributed by atoms with E-state index in [-0.39, 0.29) is 11.4 Å². The van der Waals surface area contributed by atoms with Crippen LogP contribution in [-0.4, -0.2) is 37.5 Å². The molecule has 0 unspecified atom stereocenters. The minimum atomic E-state index is -2.94. The number of hydrogen-bond acceptors (Lipinski definition) is 6. The van der Waals surface area contributed by atoms with E-state index >= 15 is 0 Å². The van der Waals surface area contributed by atoms with Crippen molar-refractivity contribution in [2.75, 3.05) is 5.32 Å². The number of rotatable bonds is 5. The number of halogens is 2. The van der Waals surface area contributed by atoms with Crippen molar-refractivity contribution in [1.82, 2.24) is 25.0 Å². The maximum absolute atomic E-state index is 12.2. The van der Waals surface area contributed by atoms with Crippen molar-refractivity contribution in [3.63, 3.8) is 0 Å². The molecule has 0 aliphatic rings. The van der Waals surface area contributed by atoms with Gasteiger partial charge in [-0.25, -0.2) is 9.67 Å². The van der Waals surface area contributed by atoms with Gasteiger partial charge >= 0.3 is 6.61 Å². The molecule has 0 aliphatic carbocycles. The molecule has 8 nitrogen and oxygen atoms in total. The highest BCUT2D eigenvalue weighted by atomic mass is 19.3. The van der Waals surface area contributed by atoms with E-state index in [2.05, 4.69) is 30.3 Å².